The molecule has 1 heterocycles. The Hall–Kier alpha value is -3.80. The van der Waals surface area contributed by atoms with Crippen LogP contribution >= 0.6 is 0 Å². The SMILES string of the molecule is CCCc1c(O)ccc(C2(c3ccc(O)c(CCC)c3CCC)OC(=O)c3ccc(C(=O)O)cc32)c1CCC. The second-order valence-corrected chi connectivity index (χ2v) is 10.3. The van der Waals surface area contributed by atoms with Gasteiger partial charge in [-0.15, -0.1) is 0 Å². The lowest BCUT2D eigenvalue weighted by atomic mass is 9.72. The molecule has 39 heavy (non-hydrogen) atoms. The number of fused-ring (bicyclic) bond motifs is 1. The normalized spacial score (nSPS) is 13.8. The van der Waals surface area contributed by atoms with E-state index < -0.39 is 17.5 Å². The Bertz CT molecular complexity index is 1340. The zero-order chi connectivity index (χ0) is 28.3. The van der Waals surface area contributed by atoms with Gasteiger partial charge in [0.25, 0.3) is 0 Å². The lowest BCUT2D eigenvalue weighted by Crippen LogP contribution is -2.33. The number of benzene rings is 3. The molecule has 0 unspecified atom stereocenters. The van der Waals surface area contributed by atoms with Crippen molar-refractivity contribution in [2.45, 2.75) is 84.7 Å². The third-order valence-corrected chi connectivity index (χ3v) is 7.68. The van der Waals surface area contributed by atoms with Gasteiger partial charge in [-0.2, -0.15) is 0 Å². The van der Waals surface area contributed by atoms with Crippen molar-refractivity contribution in [2.75, 3.05) is 0 Å². The molecule has 0 atom stereocenters. The van der Waals surface area contributed by atoms with Crippen LogP contribution < -0.4 is 0 Å². The van der Waals surface area contributed by atoms with Crippen LogP contribution in [0, 0.1) is 0 Å². The molecule has 6 nitrogen and oxygen atoms in total. The lowest BCUT2D eigenvalue weighted by Gasteiger charge is -2.35. The highest BCUT2D eigenvalue weighted by atomic mass is 16.6. The first-order chi connectivity index (χ1) is 18.7. The van der Waals surface area contributed by atoms with Crippen LogP contribution in [0.1, 0.15) is 113 Å². The van der Waals surface area contributed by atoms with E-state index in [1.807, 2.05) is 12.1 Å². The highest BCUT2D eigenvalue weighted by molar-refractivity contribution is 5.99. The topological polar surface area (TPSA) is 104 Å². The molecule has 1 aliphatic rings. The third kappa shape index (κ3) is 4.77. The maximum atomic E-state index is 13.5. The van der Waals surface area contributed by atoms with Gasteiger partial charge in [0.1, 0.15) is 11.5 Å². The van der Waals surface area contributed by atoms with Crippen LogP contribution in [-0.2, 0) is 36.0 Å². The Kier molecular flexibility index (Phi) is 8.34. The van der Waals surface area contributed by atoms with Crippen LogP contribution in [0.5, 0.6) is 11.5 Å². The molecular weight excluding hydrogens is 492 g/mol. The second-order valence-electron chi connectivity index (χ2n) is 10.3. The summed E-state index contributed by atoms with van der Waals surface area (Å²) >= 11 is 0. The fourth-order valence-corrected chi connectivity index (χ4v) is 6.09. The molecule has 4 rings (SSSR count). The maximum Gasteiger partial charge on any atom is 0.340 e. The second kappa shape index (κ2) is 11.5. The Morgan fingerprint density at radius 3 is 1.59 bits per heavy atom. The fraction of sp³-hybridized carbons (Fsp3) is 0.394. The molecular formula is C33H38O6. The minimum absolute atomic E-state index is 0.0608. The maximum absolute atomic E-state index is 13.5. The molecule has 3 aromatic carbocycles. The predicted octanol–water partition coefficient (Wildman–Crippen LogP) is 7.07. The minimum Gasteiger partial charge on any atom is -0.508 e. The molecule has 0 fully saturated rings. The molecule has 206 valence electrons. The van der Waals surface area contributed by atoms with Crippen molar-refractivity contribution in [3.05, 3.63) is 92.5 Å². The van der Waals surface area contributed by atoms with Gasteiger partial charge < -0.3 is 20.1 Å². The van der Waals surface area contributed by atoms with Crippen LogP contribution in [0.3, 0.4) is 0 Å². The summed E-state index contributed by atoms with van der Waals surface area (Å²) in [6.45, 7) is 8.24. The minimum atomic E-state index is -1.43. The molecule has 0 spiro atoms. The molecule has 3 aromatic rings. The summed E-state index contributed by atoms with van der Waals surface area (Å²) in [5.74, 6) is -1.21. The molecule has 3 N–H and O–H groups in total. The van der Waals surface area contributed by atoms with Gasteiger partial charge in [-0.05, 0) is 78.3 Å². The fourth-order valence-electron chi connectivity index (χ4n) is 6.09. The number of phenols is 2. The lowest BCUT2D eigenvalue weighted by molar-refractivity contribution is 0.0246. The van der Waals surface area contributed by atoms with E-state index in [1.165, 1.54) is 12.1 Å². The Morgan fingerprint density at radius 2 is 1.15 bits per heavy atom. The number of cyclic esters (lactones) is 1. The zero-order valence-electron chi connectivity index (χ0n) is 23.3. The van der Waals surface area contributed by atoms with Gasteiger partial charge in [-0.25, -0.2) is 9.59 Å². The molecule has 6 heteroatoms. The molecule has 0 radical (unpaired) electrons. The van der Waals surface area contributed by atoms with E-state index in [9.17, 15) is 24.9 Å². The van der Waals surface area contributed by atoms with E-state index in [0.717, 1.165) is 59.1 Å². The van der Waals surface area contributed by atoms with Crippen LogP contribution in [0.4, 0.5) is 0 Å². The summed E-state index contributed by atoms with van der Waals surface area (Å²) < 4.78 is 6.45. The van der Waals surface area contributed by atoms with Gasteiger partial charge in [0, 0.05) is 16.7 Å². The Balaban J connectivity index is 2.22. The molecule has 0 aromatic heterocycles. The number of rotatable bonds is 11. The molecule has 0 aliphatic carbocycles. The number of hydrogen-bond acceptors (Lipinski definition) is 5. The summed E-state index contributed by atoms with van der Waals surface area (Å²) in [7, 11) is 0. The summed E-state index contributed by atoms with van der Waals surface area (Å²) in [5.41, 5.74) is 4.34. The average molecular weight is 531 g/mol. The van der Waals surface area contributed by atoms with E-state index >= 15 is 0 Å². The number of ether oxygens (including phenoxy) is 1. The predicted molar refractivity (Wildman–Crippen MR) is 151 cm³/mol. The molecule has 0 saturated carbocycles. The van der Waals surface area contributed by atoms with Crippen molar-refractivity contribution >= 4 is 11.9 Å². The van der Waals surface area contributed by atoms with Crippen molar-refractivity contribution in [3.8, 4) is 11.5 Å². The number of aromatic hydroxyl groups is 2. The third-order valence-electron chi connectivity index (χ3n) is 7.68. The van der Waals surface area contributed by atoms with Crippen LogP contribution in [-0.4, -0.2) is 27.3 Å². The number of carbonyl (C=O) groups excluding carboxylic acids is 1. The quantitative estimate of drug-likeness (QED) is 0.229. The monoisotopic (exact) mass is 530 g/mol. The number of hydrogen-bond donors (Lipinski definition) is 3. The van der Waals surface area contributed by atoms with Crippen LogP contribution in [0.15, 0.2) is 42.5 Å². The first-order valence-corrected chi connectivity index (χ1v) is 14.0. The first kappa shape index (κ1) is 28.2. The van der Waals surface area contributed by atoms with E-state index in [0.29, 0.717) is 36.8 Å². The van der Waals surface area contributed by atoms with Gasteiger partial charge in [0.05, 0.1) is 11.1 Å². The summed E-state index contributed by atoms with van der Waals surface area (Å²) in [6, 6.07) is 11.4. The highest BCUT2D eigenvalue weighted by Crippen LogP contribution is 2.52. The van der Waals surface area contributed by atoms with Crippen LogP contribution in [0.2, 0.25) is 0 Å². The number of aromatic carboxylic acids is 1. The summed E-state index contributed by atoms with van der Waals surface area (Å²) in [4.78, 5) is 25.6. The van der Waals surface area contributed by atoms with E-state index in [4.69, 9.17) is 4.74 Å². The number of phenolic OH excluding ortho intramolecular Hbond substituents is 2. The van der Waals surface area contributed by atoms with Crippen molar-refractivity contribution in [3.63, 3.8) is 0 Å². The van der Waals surface area contributed by atoms with Gasteiger partial charge in [0.15, 0.2) is 5.60 Å². The molecule has 0 amide bonds. The molecule has 0 saturated heterocycles. The standard InChI is InChI=1S/C33H38O6/c1-5-9-21-23(11-7-3)29(34)17-15-26(21)33(27-16-18-30(35)24(12-8-4)22(27)10-6-2)28-19-20(31(36)37)13-14-25(28)32(38)39-33/h13-19,34-35H,5-12H2,1-4H3,(H,36,37). The highest BCUT2D eigenvalue weighted by Gasteiger charge is 2.51. The van der Waals surface area contributed by atoms with Crippen molar-refractivity contribution in [1.82, 2.24) is 0 Å². The van der Waals surface area contributed by atoms with Gasteiger partial charge in [-0.1, -0.05) is 65.5 Å². The smallest absolute Gasteiger partial charge is 0.340 e. The molecule has 1 aliphatic heterocycles. The average Bonchev–Trinajstić information content (AvgIpc) is 3.20. The van der Waals surface area contributed by atoms with Crippen LogP contribution in [0.25, 0.3) is 0 Å². The first-order valence-electron chi connectivity index (χ1n) is 14.0. The number of carbonyl (C=O) groups is 2. The van der Waals surface area contributed by atoms with E-state index in [1.54, 1.807) is 18.2 Å². The summed E-state index contributed by atoms with van der Waals surface area (Å²) in [6.07, 6.45) is 5.85. The van der Waals surface area contributed by atoms with E-state index in [2.05, 4.69) is 27.7 Å². The van der Waals surface area contributed by atoms with Crippen molar-refractivity contribution < 1.29 is 29.6 Å². The Morgan fingerprint density at radius 1 is 0.692 bits per heavy atom. The zero-order valence-corrected chi connectivity index (χ0v) is 23.3. The number of carboxylic acid groups (broad SMARTS) is 1. The largest absolute Gasteiger partial charge is 0.508 e. The van der Waals surface area contributed by atoms with Gasteiger partial charge >= 0.3 is 11.9 Å². The molecule has 0 bridgehead atoms. The number of carboxylic acids is 1. The van der Waals surface area contributed by atoms with Gasteiger partial charge in [-0.3, -0.25) is 0 Å². The van der Waals surface area contributed by atoms with Crippen molar-refractivity contribution in [1.29, 1.82) is 0 Å². The Labute approximate surface area is 230 Å². The summed E-state index contributed by atoms with van der Waals surface area (Å²) in [5, 5.41) is 31.7. The van der Waals surface area contributed by atoms with Crippen molar-refractivity contribution in [2.24, 2.45) is 0 Å². The van der Waals surface area contributed by atoms with Gasteiger partial charge in [0.2, 0.25) is 0 Å². The van der Waals surface area contributed by atoms with E-state index in [-0.39, 0.29) is 17.1 Å². The number of esters is 1.